The average Bonchev–Trinajstić information content (AvgIpc) is 2.89. The van der Waals surface area contributed by atoms with Crippen molar-refractivity contribution in [2.75, 3.05) is 32.6 Å². The van der Waals surface area contributed by atoms with Crippen LogP contribution < -0.4 is 15.8 Å². The number of hydrogen-bond acceptors (Lipinski definition) is 4. The number of nitrogen functional groups attached to an aromatic ring is 1. The summed E-state index contributed by atoms with van der Waals surface area (Å²) in [6, 6.07) is 5.18. The van der Waals surface area contributed by atoms with E-state index in [9.17, 15) is 4.79 Å². The highest BCUT2D eigenvalue weighted by Gasteiger charge is 2.18. The summed E-state index contributed by atoms with van der Waals surface area (Å²) in [5, 5.41) is 2.88. The first-order valence-corrected chi connectivity index (χ1v) is 6.00. The Labute approximate surface area is 106 Å². The van der Waals surface area contributed by atoms with Crippen LogP contribution in [0, 0.1) is 5.92 Å². The third-order valence-electron chi connectivity index (χ3n) is 3.11. The van der Waals surface area contributed by atoms with E-state index in [-0.39, 0.29) is 5.91 Å². The molecule has 5 nitrogen and oxygen atoms in total. The summed E-state index contributed by atoms with van der Waals surface area (Å²) in [7, 11) is 1.53. The van der Waals surface area contributed by atoms with Crippen LogP contribution in [0.5, 0.6) is 5.75 Å². The lowest BCUT2D eigenvalue weighted by Gasteiger charge is -2.12. The van der Waals surface area contributed by atoms with E-state index >= 15 is 0 Å². The maximum atomic E-state index is 12.0. The number of anilines is 1. The van der Waals surface area contributed by atoms with Crippen molar-refractivity contribution in [1.82, 2.24) is 5.32 Å². The summed E-state index contributed by atoms with van der Waals surface area (Å²) in [5.74, 6) is 0.755. The van der Waals surface area contributed by atoms with Crippen LogP contribution in [0.15, 0.2) is 18.2 Å². The second kappa shape index (κ2) is 5.73. The van der Waals surface area contributed by atoms with Gasteiger partial charge in [0.25, 0.3) is 5.91 Å². The topological polar surface area (TPSA) is 73.6 Å². The molecule has 1 unspecified atom stereocenters. The molecule has 0 saturated carbocycles. The first-order chi connectivity index (χ1) is 8.72. The number of carbonyl (C=O) groups is 1. The summed E-state index contributed by atoms with van der Waals surface area (Å²) < 4.78 is 10.3. The van der Waals surface area contributed by atoms with Gasteiger partial charge in [-0.2, -0.15) is 0 Å². The second-order valence-corrected chi connectivity index (χ2v) is 4.36. The first-order valence-electron chi connectivity index (χ1n) is 6.00. The van der Waals surface area contributed by atoms with E-state index in [1.807, 2.05) is 0 Å². The van der Waals surface area contributed by atoms with Crippen LogP contribution in [0.3, 0.4) is 0 Å². The summed E-state index contributed by atoms with van der Waals surface area (Å²) in [6.07, 6.45) is 0.994. The van der Waals surface area contributed by atoms with E-state index in [0.717, 1.165) is 13.0 Å². The largest absolute Gasteiger partial charge is 0.495 e. The van der Waals surface area contributed by atoms with Crippen LogP contribution in [0.2, 0.25) is 0 Å². The van der Waals surface area contributed by atoms with Gasteiger partial charge in [-0.05, 0) is 18.6 Å². The van der Waals surface area contributed by atoms with Crippen LogP contribution in [0.4, 0.5) is 5.69 Å². The molecule has 0 aromatic heterocycles. The molecule has 1 aliphatic rings. The molecule has 5 heteroatoms. The Hall–Kier alpha value is -1.75. The molecule has 3 N–H and O–H groups in total. The summed E-state index contributed by atoms with van der Waals surface area (Å²) in [4.78, 5) is 12.0. The third-order valence-corrected chi connectivity index (χ3v) is 3.11. The Morgan fingerprint density at radius 1 is 1.61 bits per heavy atom. The molecule has 1 amide bonds. The van der Waals surface area contributed by atoms with E-state index < -0.39 is 0 Å². The van der Waals surface area contributed by atoms with Gasteiger partial charge in [0.05, 0.1) is 25.0 Å². The molecule has 1 fully saturated rings. The van der Waals surface area contributed by atoms with Gasteiger partial charge in [0.15, 0.2) is 0 Å². The van der Waals surface area contributed by atoms with Gasteiger partial charge in [0.2, 0.25) is 0 Å². The van der Waals surface area contributed by atoms with Crippen LogP contribution in [0.25, 0.3) is 0 Å². The number of nitrogens with one attached hydrogen (secondary N) is 1. The zero-order chi connectivity index (χ0) is 13.0. The Morgan fingerprint density at radius 2 is 2.44 bits per heavy atom. The Kier molecular flexibility index (Phi) is 4.04. The highest BCUT2D eigenvalue weighted by atomic mass is 16.5. The average molecular weight is 250 g/mol. The molecule has 1 saturated heterocycles. The standard InChI is InChI=1S/C13H18N2O3/c1-17-11-4-2-3-10(12(11)14)13(16)15-7-9-5-6-18-8-9/h2-4,9H,5-8,14H2,1H3,(H,15,16). The summed E-state index contributed by atoms with van der Waals surface area (Å²) >= 11 is 0. The van der Waals surface area contributed by atoms with Crippen molar-refractivity contribution < 1.29 is 14.3 Å². The molecule has 0 spiro atoms. The number of amides is 1. The van der Waals surface area contributed by atoms with Crippen molar-refractivity contribution in [3.05, 3.63) is 23.8 Å². The molecule has 1 heterocycles. The number of rotatable bonds is 4. The lowest BCUT2D eigenvalue weighted by atomic mass is 10.1. The van der Waals surface area contributed by atoms with E-state index in [1.165, 1.54) is 7.11 Å². The van der Waals surface area contributed by atoms with Crippen molar-refractivity contribution in [3.63, 3.8) is 0 Å². The molecule has 0 aliphatic carbocycles. The highest BCUT2D eigenvalue weighted by molar-refractivity contribution is 6.00. The van der Waals surface area contributed by atoms with Gasteiger partial charge in [-0.15, -0.1) is 0 Å². The number of ether oxygens (including phenoxy) is 2. The number of carbonyl (C=O) groups excluding carboxylic acids is 1. The zero-order valence-corrected chi connectivity index (χ0v) is 10.4. The van der Waals surface area contributed by atoms with Crippen molar-refractivity contribution >= 4 is 11.6 Å². The fraction of sp³-hybridized carbons (Fsp3) is 0.462. The minimum absolute atomic E-state index is 0.168. The monoisotopic (exact) mass is 250 g/mol. The molecule has 1 aromatic rings. The van der Waals surface area contributed by atoms with Crippen LogP contribution >= 0.6 is 0 Å². The number of benzene rings is 1. The highest BCUT2D eigenvalue weighted by Crippen LogP contribution is 2.24. The van der Waals surface area contributed by atoms with Crippen LogP contribution in [-0.4, -0.2) is 32.8 Å². The molecule has 0 radical (unpaired) electrons. The van der Waals surface area contributed by atoms with Gasteiger partial charge in [-0.25, -0.2) is 0 Å². The van der Waals surface area contributed by atoms with Gasteiger partial charge in [0.1, 0.15) is 5.75 Å². The minimum Gasteiger partial charge on any atom is -0.495 e. The molecule has 0 bridgehead atoms. The van der Waals surface area contributed by atoms with Gasteiger partial charge < -0.3 is 20.5 Å². The molecule has 1 aromatic carbocycles. The number of nitrogens with two attached hydrogens (primary N) is 1. The van der Waals surface area contributed by atoms with Crippen molar-refractivity contribution in [1.29, 1.82) is 0 Å². The molecular weight excluding hydrogens is 232 g/mol. The molecule has 2 rings (SSSR count). The number of para-hydroxylation sites is 1. The van der Waals surface area contributed by atoms with Crippen LogP contribution in [-0.2, 0) is 4.74 Å². The van der Waals surface area contributed by atoms with Crippen molar-refractivity contribution in [2.45, 2.75) is 6.42 Å². The van der Waals surface area contributed by atoms with Gasteiger partial charge in [-0.1, -0.05) is 6.07 Å². The minimum atomic E-state index is -0.168. The Balaban J connectivity index is 1.99. The molecule has 98 valence electrons. The molecule has 1 atom stereocenters. The quantitative estimate of drug-likeness (QED) is 0.783. The van der Waals surface area contributed by atoms with Gasteiger partial charge in [-0.3, -0.25) is 4.79 Å². The molecular formula is C13H18N2O3. The smallest absolute Gasteiger partial charge is 0.253 e. The lowest BCUT2D eigenvalue weighted by Crippen LogP contribution is -2.30. The maximum absolute atomic E-state index is 12.0. The third kappa shape index (κ3) is 2.73. The molecule has 1 aliphatic heterocycles. The second-order valence-electron chi connectivity index (χ2n) is 4.36. The summed E-state index contributed by atoms with van der Waals surface area (Å²) in [5.41, 5.74) is 6.70. The normalized spacial score (nSPS) is 18.6. The number of methoxy groups -OCH3 is 1. The lowest BCUT2D eigenvalue weighted by molar-refractivity contribution is 0.0945. The molecule has 18 heavy (non-hydrogen) atoms. The maximum Gasteiger partial charge on any atom is 0.253 e. The fourth-order valence-corrected chi connectivity index (χ4v) is 2.00. The van der Waals surface area contributed by atoms with Crippen molar-refractivity contribution in [2.24, 2.45) is 5.92 Å². The predicted octanol–water partition coefficient (Wildman–Crippen LogP) is 1.04. The van der Waals surface area contributed by atoms with E-state index in [4.69, 9.17) is 15.2 Å². The summed E-state index contributed by atoms with van der Waals surface area (Å²) in [6.45, 7) is 2.12. The van der Waals surface area contributed by atoms with E-state index in [2.05, 4.69) is 5.32 Å². The SMILES string of the molecule is COc1cccc(C(=O)NCC2CCOC2)c1N. The first kappa shape index (κ1) is 12.7. The zero-order valence-electron chi connectivity index (χ0n) is 10.4. The predicted molar refractivity (Wildman–Crippen MR) is 68.7 cm³/mol. The number of hydrogen-bond donors (Lipinski definition) is 2. The Bertz CT molecular complexity index is 428. The van der Waals surface area contributed by atoms with Crippen LogP contribution in [0.1, 0.15) is 16.8 Å². The Morgan fingerprint density at radius 3 is 3.11 bits per heavy atom. The van der Waals surface area contributed by atoms with Gasteiger partial charge in [0, 0.05) is 19.1 Å². The van der Waals surface area contributed by atoms with Gasteiger partial charge >= 0.3 is 0 Å². The van der Waals surface area contributed by atoms with E-state index in [0.29, 0.717) is 36.1 Å². The fourth-order valence-electron chi connectivity index (χ4n) is 2.00. The van der Waals surface area contributed by atoms with E-state index in [1.54, 1.807) is 18.2 Å². The van der Waals surface area contributed by atoms with Crippen molar-refractivity contribution in [3.8, 4) is 5.75 Å².